The minimum atomic E-state index is -1.32. The molecule has 1 aliphatic carbocycles. The molecule has 0 radical (unpaired) electrons. The maximum atomic E-state index is 15.3. The molecular formula is C21H27ClFN3O4. The van der Waals surface area contributed by atoms with Gasteiger partial charge in [-0.2, -0.15) is 0 Å². The molecule has 2 heterocycles. The maximum absolute atomic E-state index is 15.3. The zero-order chi connectivity index (χ0) is 21.1. The van der Waals surface area contributed by atoms with Gasteiger partial charge in [-0.3, -0.25) is 4.79 Å². The SMILES string of the molecule is COc1c(N2CC[C@@H](N)C(C)(C)C2)c(F)cc2c(=O)c(C(=O)O)cn(C3CC3)c12.Cl. The summed E-state index contributed by atoms with van der Waals surface area (Å²) in [7, 11) is 1.45. The lowest BCUT2D eigenvalue weighted by molar-refractivity contribution is 0.0695. The summed E-state index contributed by atoms with van der Waals surface area (Å²) in [4.78, 5) is 26.3. The van der Waals surface area contributed by atoms with Crippen molar-refractivity contribution in [1.29, 1.82) is 0 Å². The summed E-state index contributed by atoms with van der Waals surface area (Å²) in [6, 6.07) is 1.24. The molecule has 1 aromatic heterocycles. The first-order chi connectivity index (χ1) is 13.7. The largest absolute Gasteiger partial charge is 0.492 e. The molecule has 1 saturated carbocycles. The molecule has 0 amide bonds. The molecule has 2 aromatic rings. The molecule has 1 saturated heterocycles. The lowest BCUT2D eigenvalue weighted by Gasteiger charge is -2.44. The van der Waals surface area contributed by atoms with E-state index in [0.29, 0.717) is 30.7 Å². The smallest absolute Gasteiger partial charge is 0.341 e. The van der Waals surface area contributed by atoms with Gasteiger partial charge < -0.3 is 25.0 Å². The Kier molecular flexibility index (Phi) is 5.77. The molecule has 7 nitrogen and oxygen atoms in total. The number of aromatic carboxylic acids is 1. The summed E-state index contributed by atoms with van der Waals surface area (Å²) in [6.07, 6.45) is 3.82. The van der Waals surface area contributed by atoms with Gasteiger partial charge in [0.2, 0.25) is 5.43 Å². The number of hydrogen-bond donors (Lipinski definition) is 2. The van der Waals surface area contributed by atoms with E-state index in [-0.39, 0.29) is 46.6 Å². The van der Waals surface area contributed by atoms with E-state index in [0.717, 1.165) is 18.9 Å². The van der Waals surface area contributed by atoms with Gasteiger partial charge in [-0.25, -0.2) is 9.18 Å². The van der Waals surface area contributed by atoms with E-state index in [1.165, 1.54) is 13.3 Å². The van der Waals surface area contributed by atoms with Crippen LogP contribution in [0.2, 0.25) is 0 Å². The zero-order valence-corrected chi connectivity index (χ0v) is 18.1. The summed E-state index contributed by atoms with van der Waals surface area (Å²) in [5.74, 6) is -1.64. The van der Waals surface area contributed by atoms with Crippen LogP contribution in [0.3, 0.4) is 0 Å². The Labute approximate surface area is 180 Å². The number of anilines is 1. The van der Waals surface area contributed by atoms with Crippen molar-refractivity contribution in [2.75, 3.05) is 25.1 Å². The first kappa shape index (κ1) is 22.4. The summed E-state index contributed by atoms with van der Waals surface area (Å²) < 4.78 is 22.7. The highest BCUT2D eigenvalue weighted by Gasteiger charge is 2.37. The lowest BCUT2D eigenvalue weighted by atomic mass is 9.79. The molecule has 0 spiro atoms. The molecule has 0 unspecified atom stereocenters. The number of carboxylic acid groups (broad SMARTS) is 1. The Morgan fingerprint density at radius 2 is 2.00 bits per heavy atom. The molecule has 164 valence electrons. The van der Waals surface area contributed by atoms with Gasteiger partial charge in [-0.15, -0.1) is 12.4 Å². The average molecular weight is 440 g/mol. The average Bonchev–Trinajstić information content (AvgIpc) is 3.48. The van der Waals surface area contributed by atoms with Crippen molar-refractivity contribution >= 4 is 35.0 Å². The van der Waals surface area contributed by atoms with Crippen LogP contribution in [-0.4, -0.2) is 41.9 Å². The van der Waals surface area contributed by atoms with Gasteiger partial charge in [0.25, 0.3) is 0 Å². The molecule has 1 atom stereocenters. The van der Waals surface area contributed by atoms with Crippen molar-refractivity contribution in [3.63, 3.8) is 0 Å². The molecule has 2 aliphatic rings. The number of hydrogen-bond acceptors (Lipinski definition) is 5. The fourth-order valence-corrected chi connectivity index (χ4v) is 4.29. The topological polar surface area (TPSA) is 97.8 Å². The number of nitrogens with zero attached hydrogens (tertiary/aromatic N) is 2. The molecule has 1 aromatic carbocycles. The second-order valence-corrected chi connectivity index (χ2v) is 8.76. The molecule has 3 N–H and O–H groups in total. The second-order valence-electron chi connectivity index (χ2n) is 8.76. The Bertz CT molecular complexity index is 1060. The molecule has 2 fully saturated rings. The molecule has 4 rings (SSSR count). The summed E-state index contributed by atoms with van der Waals surface area (Å²) >= 11 is 0. The van der Waals surface area contributed by atoms with E-state index < -0.39 is 17.2 Å². The third-order valence-corrected chi connectivity index (χ3v) is 6.20. The third kappa shape index (κ3) is 3.52. The number of carboxylic acids is 1. The number of ether oxygens (including phenoxy) is 1. The van der Waals surface area contributed by atoms with Gasteiger partial charge in [-0.05, 0) is 30.7 Å². The standard InChI is InChI=1S/C21H26FN3O4.ClH/c1-21(2)10-24(7-6-15(21)23)17-14(22)8-12-16(19(17)29-3)25(11-4-5-11)9-13(18(12)26)20(27)28;/h8-9,11,15H,4-7,10,23H2,1-3H3,(H,27,28);1H/t15-;/m1./s1. The van der Waals surface area contributed by atoms with Gasteiger partial charge in [0.05, 0.1) is 18.0 Å². The van der Waals surface area contributed by atoms with Gasteiger partial charge in [-0.1, -0.05) is 13.8 Å². The minimum absolute atomic E-state index is 0. The number of aromatic nitrogens is 1. The number of piperidine rings is 1. The van der Waals surface area contributed by atoms with Crippen LogP contribution in [0, 0.1) is 11.2 Å². The van der Waals surface area contributed by atoms with Crippen LogP contribution in [0.5, 0.6) is 5.75 Å². The Balaban J connectivity index is 0.00000256. The predicted molar refractivity (Wildman–Crippen MR) is 116 cm³/mol. The Hall–Kier alpha value is -2.32. The van der Waals surface area contributed by atoms with Crippen molar-refractivity contribution in [2.24, 2.45) is 11.1 Å². The monoisotopic (exact) mass is 439 g/mol. The quantitative estimate of drug-likeness (QED) is 0.759. The van der Waals surface area contributed by atoms with Gasteiger partial charge in [0.1, 0.15) is 11.3 Å². The van der Waals surface area contributed by atoms with Crippen molar-refractivity contribution < 1.29 is 19.0 Å². The van der Waals surface area contributed by atoms with E-state index in [4.69, 9.17) is 10.5 Å². The molecule has 9 heteroatoms. The highest BCUT2D eigenvalue weighted by molar-refractivity contribution is 5.97. The van der Waals surface area contributed by atoms with E-state index in [1.54, 1.807) is 4.57 Å². The van der Waals surface area contributed by atoms with Gasteiger partial charge in [0.15, 0.2) is 11.6 Å². The van der Waals surface area contributed by atoms with Crippen LogP contribution >= 0.6 is 12.4 Å². The normalized spacial score (nSPS) is 20.7. The first-order valence-electron chi connectivity index (χ1n) is 9.85. The Morgan fingerprint density at radius 3 is 2.53 bits per heavy atom. The Morgan fingerprint density at radius 1 is 1.33 bits per heavy atom. The second kappa shape index (κ2) is 7.74. The number of nitrogens with two attached hydrogens (primary N) is 1. The lowest BCUT2D eigenvalue weighted by Crippen LogP contribution is -2.52. The summed E-state index contributed by atoms with van der Waals surface area (Å²) in [5, 5.41) is 9.46. The van der Waals surface area contributed by atoms with E-state index in [1.807, 2.05) is 4.90 Å². The summed E-state index contributed by atoms with van der Waals surface area (Å²) in [5.41, 5.74) is 5.72. The van der Waals surface area contributed by atoms with Crippen LogP contribution in [-0.2, 0) is 0 Å². The number of rotatable bonds is 4. The number of fused-ring (bicyclic) bond motifs is 1. The first-order valence-corrected chi connectivity index (χ1v) is 9.85. The fourth-order valence-electron chi connectivity index (χ4n) is 4.29. The van der Waals surface area contributed by atoms with Gasteiger partial charge >= 0.3 is 5.97 Å². The van der Waals surface area contributed by atoms with Gasteiger partial charge in [0, 0.05) is 31.4 Å². The van der Waals surface area contributed by atoms with Crippen LogP contribution in [0.4, 0.5) is 10.1 Å². The molecule has 1 aliphatic heterocycles. The zero-order valence-electron chi connectivity index (χ0n) is 17.3. The highest BCUT2D eigenvalue weighted by atomic mass is 35.5. The van der Waals surface area contributed by atoms with Crippen LogP contribution in [0.1, 0.15) is 49.5 Å². The number of carbonyl (C=O) groups is 1. The van der Waals surface area contributed by atoms with E-state index in [9.17, 15) is 14.7 Å². The minimum Gasteiger partial charge on any atom is -0.492 e. The summed E-state index contributed by atoms with van der Waals surface area (Å²) in [6.45, 7) is 5.22. The predicted octanol–water partition coefficient (Wildman–Crippen LogP) is 3.17. The fraction of sp³-hybridized carbons (Fsp3) is 0.524. The van der Waals surface area contributed by atoms with Crippen molar-refractivity contribution in [1.82, 2.24) is 4.57 Å². The molecule has 0 bridgehead atoms. The van der Waals surface area contributed by atoms with E-state index in [2.05, 4.69) is 13.8 Å². The van der Waals surface area contributed by atoms with Crippen molar-refractivity contribution in [3.05, 3.63) is 33.9 Å². The van der Waals surface area contributed by atoms with Crippen LogP contribution in [0.25, 0.3) is 10.9 Å². The third-order valence-electron chi connectivity index (χ3n) is 6.20. The van der Waals surface area contributed by atoms with Crippen molar-refractivity contribution in [3.8, 4) is 5.75 Å². The number of methoxy groups -OCH3 is 1. The number of pyridine rings is 1. The maximum Gasteiger partial charge on any atom is 0.341 e. The van der Waals surface area contributed by atoms with E-state index >= 15 is 4.39 Å². The van der Waals surface area contributed by atoms with Crippen LogP contribution in [0.15, 0.2) is 17.1 Å². The highest BCUT2D eigenvalue weighted by Crippen LogP contribution is 2.45. The van der Waals surface area contributed by atoms with Crippen molar-refractivity contribution in [2.45, 2.75) is 45.2 Å². The molecular weight excluding hydrogens is 413 g/mol. The van der Waals surface area contributed by atoms with Crippen LogP contribution < -0.4 is 20.8 Å². The number of halogens is 2. The molecule has 30 heavy (non-hydrogen) atoms. The number of benzene rings is 1.